The molecule has 2 atom stereocenters. The number of hydrogen-bond acceptors (Lipinski definition) is 4. The van der Waals surface area contributed by atoms with Crippen molar-refractivity contribution >= 4 is 23.7 Å². The van der Waals surface area contributed by atoms with E-state index in [4.69, 9.17) is 9.84 Å². The van der Waals surface area contributed by atoms with E-state index in [0.29, 0.717) is 11.5 Å². The topological polar surface area (TPSA) is 63.6 Å². The Balaban J connectivity index is 2.58. The lowest BCUT2D eigenvalue weighted by Crippen LogP contribution is -2.31. The Morgan fingerprint density at radius 2 is 1.93 bits per heavy atom. The number of hydrogen-bond donors (Lipinski definition) is 1. The molecule has 4 nitrogen and oxygen atoms in total. The maximum Gasteiger partial charge on any atom is 0.310 e. The smallest absolute Gasteiger partial charge is 0.310 e. The summed E-state index contributed by atoms with van der Waals surface area (Å²) in [5, 5.41) is 8.85. The highest BCUT2D eigenvalue weighted by atomic mass is 32.2. The van der Waals surface area contributed by atoms with Crippen molar-refractivity contribution in [2.75, 3.05) is 11.5 Å². The third kappa shape index (κ3) is 2.64. The number of aliphatic carboxylic acids is 1. The molecule has 1 aliphatic heterocycles. The van der Waals surface area contributed by atoms with E-state index >= 15 is 0 Å². The maximum absolute atomic E-state index is 11.5. The van der Waals surface area contributed by atoms with E-state index in [1.807, 2.05) is 0 Å². The summed E-state index contributed by atoms with van der Waals surface area (Å²) in [6.45, 7) is 3.52. The molecule has 1 heterocycles. The Bertz CT molecular complexity index is 239. The van der Waals surface area contributed by atoms with Gasteiger partial charge in [0.15, 0.2) is 0 Å². The molecule has 14 heavy (non-hydrogen) atoms. The van der Waals surface area contributed by atoms with Crippen molar-refractivity contribution in [2.45, 2.75) is 20.0 Å². The Morgan fingerprint density at radius 3 is 2.43 bits per heavy atom. The lowest BCUT2D eigenvalue weighted by atomic mass is 9.96. The highest BCUT2D eigenvalue weighted by Crippen LogP contribution is 2.31. The van der Waals surface area contributed by atoms with Gasteiger partial charge in [-0.2, -0.15) is 11.8 Å². The molecule has 1 rings (SSSR count). The molecule has 0 saturated carbocycles. The highest BCUT2D eigenvalue weighted by molar-refractivity contribution is 7.99. The molecule has 1 N–H and O–H groups in total. The third-order valence-corrected chi connectivity index (χ3v) is 3.24. The second kappa shape index (κ2) is 4.68. The molecule has 0 aromatic heterocycles. The number of carboxylic acids is 1. The van der Waals surface area contributed by atoms with Crippen LogP contribution in [0, 0.1) is 11.8 Å². The van der Waals surface area contributed by atoms with Crippen molar-refractivity contribution in [1.29, 1.82) is 0 Å². The minimum absolute atomic E-state index is 0.178. The lowest BCUT2D eigenvalue weighted by molar-refractivity contribution is -0.158. The zero-order valence-corrected chi connectivity index (χ0v) is 9.04. The number of carboxylic acid groups (broad SMARTS) is 1. The predicted octanol–water partition coefficient (Wildman–Crippen LogP) is 1.00. The molecular weight excluding hydrogens is 204 g/mol. The Kier molecular flexibility index (Phi) is 3.80. The maximum atomic E-state index is 11.5. The van der Waals surface area contributed by atoms with Crippen LogP contribution in [-0.2, 0) is 14.3 Å². The molecule has 0 aromatic rings. The van der Waals surface area contributed by atoms with Crippen LogP contribution in [0.25, 0.3) is 0 Å². The van der Waals surface area contributed by atoms with Crippen molar-refractivity contribution in [2.24, 2.45) is 11.8 Å². The minimum atomic E-state index is -0.902. The van der Waals surface area contributed by atoms with Crippen molar-refractivity contribution in [3.63, 3.8) is 0 Å². The fourth-order valence-corrected chi connectivity index (χ4v) is 2.74. The van der Waals surface area contributed by atoms with Crippen LogP contribution < -0.4 is 0 Å². The molecule has 1 aliphatic rings. The summed E-state index contributed by atoms with van der Waals surface area (Å²) in [7, 11) is 0. The van der Waals surface area contributed by atoms with Gasteiger partial charge in [0.1, 0.15) is 0 Å². The van der Waals surface area contributed by atoms with E-state index in [0.717, 1.165) is 0 Å². The normalized spacial score (nSPS) is 26.5. The van der Waals surface area contributed by atoms with E-state index < -0.39 is 17.8 Å². The first-order chi connectivity index (χ1) is 6.52. The number of thioether (sulfide) groups is 1. The number of esters is 1. The fourth-order valence-electron chi connectivity index (χ4n) is 1.35. The zero-order valence-electron chi connectivity index (χ0n) is 8.23. The summed E-state index contributed by atoms with van der Waals surface area (Å²) >= 11 is 1.49. The van der Waals surface area contributed by atoms with E-state index in [2.05, 4.69) is 0 Å². The minimum Gasteiger partial charge on any atom is -0.481 e. The van der Waals surface area contributed by atoms with Crippen LogP contribution >= 0.6 is 11.8 Å². The lowest BCUT2D eigenvalue weighted by Gasteiger charge is -2.15. The van der Waals surface area contributed by atoms with Crippen LogP contribution in [0.4, 0.5) is 0 Å². The van der Waals surface area contributed by atoms with Crippen LogP contribution in [-0.4, -0.2) is 34.7 Å². The first-order valence-corrected chi connectivity index (χ1v) is 5.69. The average Bonchev–Trinajstić information content (AvgIpc) is 2.49. The Hall–Kier alpha value is -0.710. The van der Waals surface area contributed by atoms with Gasteiger partial charge in [0.2, 0.25) is 0 Å². The number of ether oxygens (including phenoxy) is 1. The predicted molar refractivity (Wildman–Crippen MR) is 53.2 cm³/mol. The van der Waals surface area contributed by atoms with Crippen molar-refractivity contribution in [3.8, 4) is 0 Å². The van der Waals surface area contributed by atoms with Crippen molar-refractivity contribution in [3.05, 3.63) is 0 Å². The summed E-state index contributed by atoms with van der Waals surface area (Å²) < 4.78 is 5.00. The van der Waals surface area contributed by atoms with Gasteiger partial charge in [-0.15, -0.1) is 0 Å². The molecule has 5 heteroatoms. The van der Waals surface area contributed by atoms with Crippen LogP contribution in [0.1, 0.15) is 13.8 Å². The Labute approximate surface area is 87.0 Å². The molecule has 0 bridgehead atoms. The van der Waals surface area contributed by atoms with Gasteiger partial charge in [-0.05, 0) is 13.8 Å². The average molecular weight is 218 g/mol. The van der Waals surface area contributed by atoms with Crippen LogP contribution in [0.3, 0.4) is 0 Å². The largest absolute Gasteiger partial charge is 0.481 e. The fraction of sp³-hybridized carbons (Fsp3) is 0.778. The molecule has 0 amide bonds. The summed E-state index contributed by atoms with van der Waals surface area (Å²) in [6, 6.07) is 0. The van der Waals surface area contributed by atoms with Crippen molar-refractivity contribution < 1.29 is 19.4 Å². The summed E-state index contributed by atoms with van der Waals surface area (Å²) in [5.41, 5.74) is 0. The van der Waals surface area contributed by atoms with Gasteiger partial charge in [-0.1, -0.05) is 0 Å². The molecule has 0 spiro atoms. The van der Waals surface area contributed by atoms with E-state index in [1.54, 1.807) is 13.8 Å². The van der Waals surface area contributed by atoms with E-state index in [1.165, 1.54) is 11.8 Å². The van der Waals surface area contributed by atoms with Gasteiger partial charge < -0.3 is 9.84 Å². The van der Waals surface area contributed by atoms with E-state index in [9.17, 15) is 9.59 Å². The van der Waals surface area contributed by atoms with Crippen LogP contribution in [0.15, 0.2) is 0 Å². The summed E-state index contributed by atoms with van der Waals surface area (Å²) in [6.07, 6.45) is -0.178. The van der Waals surface area contributed by atoms with Gasteiger partial charge >= 0.3 is 11.9 Å². The molecule has 1 saturated heterocycles. The zero-order chi connectivity index (χ0) is 10.7. The molecule has 0 radical (unpaired) electrons. The monoisotopic (exact) mass is 218 g/mol. The molecule has 80 valence electrons. The van der Waals surface area contributed by atoms with Gasteiger partial charge in [0.25, 0.3) is 0 Å². The van der Waals surface area contributed by atoms with Gasteiger partial charge in [-0.3, -0.25) is 9.59 Å². The summed E-state index contributed by atoms with van der Waals surface area (Å²) in [4.78, 5) is 22.3. The number of carbonyl (C=O) groups excluding carboxylic acids is 1. The van der Waals surface area contributed by atoms with E-state index in [-0.39, 0.29) is 12.1 Å². The third-order valence-electron chi connectivity index (χ3n) is 2.05. The Morgan fingerprint density at radius 1 is 1.36 bits per heavy atom. The number of rotatable bonds is 3. The molecule has 1 fully saturated rings. The number of carbonyl (C=O) groups is 2. The SMILES string of the molecule is CC(C)OC(=O)C1CSCC1C(=O)O. The van der Waals surface area contributed by atoms with Gasteiger partial charge in [0, 0.05) is 11.5 Å². The van der Waals surface area contributed by atoms with Gasteiger partial charge in [0.05, 0.1) is 17.9 Å². The van der Waals surface area contributed by atoms with Crippen molar-refractivity contribution in [1.82, 2.24) is 0 Å². The van der Waals surface area contributed by atoms with Crippen LogP contribution in [0.2, 0.25) is 0 Å². The molecule has 0 aliphatic carbocycles. The molecular formula is C9H14O4S. The molecule has 2 unspecified atom stereocenters. The first-order valence-electron chi connectivity index (χ1n) is 4.53. The summed E-state index contributed by atoms with van der Waals surface area (Å²) in [5.74, 6) is -1.26. The quantitative estimate of drug-likeness (QED) is 0.716. The van der Waals surface area contributed by atoms with Gasteiger partial charge in [-0.25, -0.2) is 0 Å². The van der Waals surface area contributed by atoms with Crippen LogP contribution in [0.5, 0.6) is 0 Å². The second-order valence-electron chi connectivity index (χ2n) is 3.57. The molecule has 0 aromatic carbocycles. The first kappa shape index (κ1) is 11.4. The second-order valence-corrected chi connectivity index (χ2v) is 4.65. The standard InChI is InChI=1S/C9H14O4S/c1-5(2)13-9(12)7-4-14-3-6(7)8(10)11/h5-7H,3-4H2,1-2H3,(H,10,11). The highest BCUT2D eigenvalue weighted by Gasteiger charge is 2.39.